The zero-order chi connectivity index (χ0) is 40.8. The number of carbonyl (C=O) groups is 2. The minimum Gasteiger partial charge on any atom is -0.463 e. The molecule has 5 nitrogen and oxygen atoms in total. The molecule has 57 heavy (non-hydrogen) atoms. The van der Waals surface area contributed by atoms with Crippen LogP contribution in [0.5, 0.6) is 0 Å². The van der Waals surface area contributed by atoms with Gasteiger partial charge in [-0.25, -0.2) is 9.59 Å². The number of allylic oxidation sites excluding steroid dienone is 2. The molecule has 5 heteroatoms. The number of anilines is 3. The Hall–Kier alpha value is -4.12. The fraction of sp³-hybridized carbons (Fsp3) is 0.538. The molecule has 0 amide bonds. The number of unbranched alkanes of at least 4 members (excludes halogenated alkanes) is 16. The van der Waals surface area contributed by atoms with E-state index in [9.17, 15) is 9.59 Å². The van der Waals surface area contributed by atoms with Crippen molar-refractivity contribution in [2.75, 3.05) is 18.1 Å². The van der Waals surface area contributed by atoms with E-state index in [0.29, 0.717) is 13.2 Å². The van der Waals surface area contributed by atoms with Crippen molar-refractivity contribution in [3.8, 4) is 0 Å². The van der Waals surface area contributed by atoms with Crippen LogP contribution in [0.15, 0.2) is 91.0 Å². The Bertz CT molecular complexity index is 1480. The summed E-state index contributed by atoms with van der Waals surface area (Å²) in [5.74, 6) is -0.480. The first-order chi connectivity index (χ1) is 27.9. The topological polar surface area (TPSA) is 55.8 Å². The van der Waals surface area contributed by atoms with Crippen LogP contribution in [0.1, 0.15) is 165 Å². The van der Waals surface area contributed by atoms with Gasteiger partial charge in [-0.05, 0) is 124 Å². The van der Waals surface area contributed by atoms with Crippen LogP contribution >= 0.6 is 0 Å². The molecule has 0 unspecified atom stereocenters. The van der Waals surface area contributed by atoms with Gasteiger partial charge in [0.2, 0.25) is 0 Å². The van der Waals surface area contributed by atoms with Gasteiger partial charge in [0.05, 0.1) is 13.2 Å². The number of ether oxygens (including phenoxy) is 2. The second-order valence-corrected chi connectivity index (χ2v) is 15.8. The third-order valence-corrected chi connectivity index (χ3v) is 10.8. The molecule has 0 aliphatic rings. The average molecular weight is 778 g/mol. The van der Waals surface area contributed by atoms with Gasteiger partial charge in [0, 0.05) is 29.2 Å². The summed E-state index contributed by atoms with van der Waals surface area (Å²) in [7, 11) is 0. The standard InChI is InChI=1S/C52H75NO4/c1-5-7-9-11-13-15-17-19-21-23-29-51(54)56-41-25-27-46-32-37-48(38-33-46)53(50-36-31-44(3)45(4)43-50)49-39-34-47(35-40-49)28-26-42-57-52(55)30-24-22-20-18-16-14-12-10-8-6-2/h23-24,29-40,43H,5-22,25-28,41-42H2,1-4H3. The molecule has 0 fully saturated rings. The minimum atomic E-state index is -0.240. The van der Waals surface area contributed by atoms with E-state index >= 15 is 0 Å². The maximum atomic E-state index is 12.2. The lowest BCUT2D eigenvalue weighted by Crippen LogP contribution is -2.10. The Morgan fingerprint density at radius 1 is 0.474 bits per heavy atom. The van der Waals surface area contributed by atoms with Gasteiger partial charge in [-0.1, -0.05) is 146 Å². The summed E-state index contributed by atoms with van der Waals surface area (Å²) in [5, 5.41) is 0. The highest BCUT2D eigenvalue weighted by Crippen LogP contribution is 2.36. The van der Waals surface area contributed by atoms with Gasteiger partial charge in [0.25, 0.3) is 0 Å². The van der Waals surface area contributed by atoms with E-state index in [4.69, 9.17) is 9.47 Å². The van der Waals surface area contributed by atoms with Crippen LogP contribution < -0.4 is 4.90 Å². The Balaban J connectivity index is 1.42. The Labute approximate surface area is 347 Å². The summed E-state index contributed by atoms with van der Waals surface area (Å²) in [6, 6.07) is 24.0. The quantitative estimate of drug-likeness (QED) is 0.0370. The Morgan fingerprint density at radius 3 is 1.26 bits per heavy atom. The smallest absolute Gasteiger partial charge is 0.330 e. The van der Waals surface area contributed by atoms with Crippen LogP contribution in [-0.4, -0.2) is 25.2 Å². The molecule has 0 radical (unpaired) electrons. The molecule has 0 aliphatic carbocycles. The number of hydrogen-bond acceptors (Lipinski definition) is 5. The van der Waals surface area contributed by atoms with Gasteiger partial charge in [-0.15, -0.1) is 0 Å². The van der Waals surface area contributed by atoms with Gasteiger partial charge in [0.15, 0.2) is 0 Å². The van der Waals surface area contributed by atoms with Crippen molar-refractivity contribution in [1.29, 1.82) is 0 Å². The van der Waals surface area contributed by atoms with E-state index in [1.807, 2.05) is 12.2 Å². The fourth-order valence-corrected chi connectivity index (χ4v) is 7.08. The lowest BCUT2D eigenvalue weighted by Gasteiger charge is -2.26. The third-order valence-electron chi connectivity index (χ3n) is 10.8. The number of rotatable bonds is 31. The van der Waals surface area contributed by atoms with Crippen LogP contribution in [0.25, 0.3) is 0 Å². The first-order valence-corrected chi connectivity index (χ1v) is 22.6. The molecule has 0 aliphatic heterocycles. The lowest BCUT2D eigenvalue weighted by atomic mass is 10.1. The van der Waals surface area contributed by atoms with Gasteiger partial charge in [-0.2, -0.15) is 0 Å². The number of aryl methyl sites for hydroxylation is 4. The summed E-state index contributed by atoms with van der Waals surface area (Å²) in [6.07, 6.45) is 32.9. The highest BCUT2D eigenvalue weighted by Gasteiger charge is 2.14. The number of esters is 2. The maximum Gasteiger partial charge on any atom is 0.330 e. The molecule has 0 bridgehead atoms. The molecule has 0 aromatic heterocycles. The summed E-state index contributed by atoms with van der Waals surface area (Å²) in [5.41, 5.74) is 8.24. The normalized spacial score (nSPS) is 11.4. The SMILES string of the molecule is CCCCCCCCCCC=CC(=O)OCCCc1ccc(N(c2ccc(CCCOC(=O)C=CCCCCCCCCCC)cc2)c2ccc(C)c(C)c2)cc1. The van der Waals surface area contributed by atoms with Crippen LogP contribution in [-0.2, 0) is 31.9 Å². The first kappa shape index (κ1) is 47.3. The molecule has 3 rings (SSSR count). The van der Waals surface area contributed by atoms with Crippen molar-refractivity contribution in [1.82, 2.24) is 0 Å². The van der Waals surface area contributed by atoms with Crippen molar-refractivity contribution >= 4 is 29.0 Å². The predicted molar refractivity (Wildman–Crippen MR) is 242 cm³/mol. The summed E-state index contributed by atoms with van der Waals surface area (Å²) >= 11 is 0. The molecule has 312 valence electrons. The molecule has 0 atom stereocenters. The van der Waals surface area contributed by atoms with Crippen molar-refractivity contribution < 1.29 is 19.1 Å². The van der Waals surface area contributed by atoms with Crippen LogP contribution in [0.3, 0.4) is 0 Å². The molecule has 0 N–H and O–H groups in total. The molecule has 3 aromatic rings. The second-order valence-electron chi connectivity index (χ2n) is 15.8. The van der Waals surface area contributed by atoms with Gasteiger partial charge in [0.1, 0.15) is 0 Å². The number of carbonyl (C=O) groups excluding carboxylic acids is 2. The highest BCUT2D eigenvalue weighted by atomic mass is 16.5. The molecule has 0 heterocycles. The summed E-state index contributed by atoms with van der Waals surface area (Å²) in [4.78, 5) is 26.7. The van der Waals surface area contributed by atoms with E-state index in [-0.39, 0.29) is 11.9 Å². The molecule has 0 saturated heterocycles. The summed E-state index contributed by atoms with van der Waals surface area (Å²) in [6.45, 7) is 9.64. The minimum absolute atomic E-state index is 0.240. The van der Waals surface area contributed by atoms with Crippen LogP contribution in [0.4, 0.5) is 17.1 Å². The Morgan fingerprint density at radius 2 is 0.860 bits per heavy atom. The highest BCUT2D eigenvalue weighted by molar-refractivity contribution is 5.82. The van der Waals surface area contributed by atoms with Crippen LogP contribution in [0.2, 0.25) is 0 Å². The first-order valence-electron chi connectivity index (χ1n) is 22.6. The Kier molecular flexibility index (Phi) is 24.9. The fourth-order valence-electron chi connectivity index (χ4n) is 7.08. The second kappa shape index (κ2) is 30.0. The maximum absolute atomic E-state index is 12.2. The molecular formula is C52H75NO4. The average Bonchev–Trinajstić information content (AvgIpc) is 3.22. The van der Waals surface area contributed by atoms with Gasteiger partial charge >= 0.3 is 11.9 Å². The monoisotopic (exact) mass is 778 g/mol. The van der Waals surface area contributed by atoms with Crippen LogP contribution in [0, 0.1) is 13.8 Å². The zero-order valence-corrected chi connectivity index (χ0v) is 36.2. The third kappa shape index (κ3) is 20.7. The largest absolute Gasteiger partial charge is 0.463 e. The van der Waals surface area contributed by atoms with E-state index in [2.05, 4.69) is 99.3 Å². The van der Waals surface area contributed by atoms with Gasteiger partial charge < -0.3 is 14.4 Å². The van der Waals surface area contributed by atoms with E-state index < -0.39 is 0 Å². The van der Waals surface area contributed by atoms with E-state index in [1.54, 1.807) is 12.2 Å². The molecule has 3 aromatic carbocycles. The molecule has 0 spiro atoms. The van der Waals surface area contributed by atoms with Gasteiger partial charge in [-0.3, -0.25) is 0 Å². The number of nitrogens with zero attached hydrogens (tertiary/aromatic N) is 1. The predicted octanol–water partition coefficient (Wildman–Crippen LogP) is 14.9. The van der Waals surface area contributed by atoms with E-state index in [0.717, 1.165) is 68.4 Å². The summed E-state index contributed by atoms with van der Waals surface area (Å²) < 4.78 is 11.0. The van der Waals surface area contributed by atoms with Crippen molar-refractivity contribution in [3.63, 3.8) is 0 Å². The van der Waals surface area contributed by atoms with Crippen molar-refractivity contribution in [2.45, 2.75) is 169 Å². The number of hydrogen-bond donors (Lipinski definition) is 0. The lowest BCUT2D eigenvalue weighted by molar-refractivity contribution is -0.138. The zero-order valence-electron chi connectivity index (χ0n) is 36.2. The molecular weight excluding hydrogens is 703 g/mol. The van der Waals surface area contributed by atoms with Crippen molar-refractivity contribution in [2.24, 2.45) is 0 Å². The van der Waals surface area contributed by atoms with E-state index in [1.165, 1.54) is 112 Å². The number of benzene rings is 3. The van der Waals surface area contributed by atoms with Crippen molar-refractivity contribution in [3.05, 3.63) is 113 Å². The molecule has 0 saturated carbocycles.